The van der Waals surface area contributed by atoms with Crippen LogP contribution in [0.5, 0.6) is 5.75 Å². The van der Waals surface area contributed by atoms with Crippen molar-refractivity contribution >= 4 is 0 Å². The highest BCUT2D eigenvalue weighted by Crippen LogP contribution is 2.32. The first-order chi connectivity index (χ1) is 13.2. The molecule has 0 saturated carbocycles. The summed E-state index contributed by atoms with van der Waals surface area (Å²) in [4.78, 5) is 0. The lowest BCUT2D eigenvalue weighted by Crippen LogP contribution is -2.55. The Morgan fingerprint density at radius 3 is 2.30 bits per heavy atom. The predicted octanol–water partition coefficient (Wildman–Crippen LogP) is 2.28. The summed E-state index contributed by atoms with van der Waals surface area (Å²) in [6.45, 7) is 1.17. The first kappa shape index (κ1) is 18.4. The van der Waals surface area contributed by atoms with Gasteiger partial charge in [0.15, 0.2) is 6.29 Å². The smallest absolute Gasteiger partial charge is 0.186 e. The van der Waals surface area contributed by atoms with E-state index in [9.17, 15) is 5.11 Å². The Hall–Kier alpha value is -1.96. The van der Waals surface area contributed by atoms with Crippen LogP contribution in [-0.2, 0) is 32.2 Å². The van der Waals surface area contributed by atoms with Gasteiger partial charge in [0.05, 0.1) is 26.9 Å². The average Bonchev–Trinajstić information content (AvgIpc) is 3.16. The van der Waals surface area contributed by atoms with E-state index in [2.05, 4.69) is 0 Å². The third-order valence-electron chi connectivity index (χ3n) is 4.93. The molecule has 0 aromatic heterocycles. The number of methoxy groups -OCH3 is 1. The summed E-state index contributed by atoms with van der Waals surface area (Å²) in [5.74, 6) is 0.792. The molecular formula is C21H24O6. The molecule has 4 rings (SSSR count). The molecule has 0 amide bonds. The van der Waals surface area contributed by atoms with E-state index in [4.69, 9.17) is 23.7 Å². The van der Waals surface area contributed by atoms with Gasteiger partial charge in [-0.05, 0) is 23.3 Å². The van der Waals surface area contributed by atoms with E-state index in [1.807, 2.05) is 54.6 Å². The molecule has 2 aromatic carbocycles. The van der Waals surface area contributed by atoms with Crippen molar-refractivity contribution in [2.75, 3.05) is 13.7 Å². The Morgan fingerprint density at radius 1 is 0.926 bits per heavy atom. The predicted molar refractivity (Wildman–Crippen MR) is 97.2 cm³/mol. The van der Waals surface area contributed by atoms with Crippen LogP contribution < -0.4 is 4.74 Å². The summed E-state index contributed by atoms with van der Waals surface area (Å²) < 4.78 is 28.6. The summed E-state index contributed by atoms with van der Waals surface area (Å²) >= 11 is 0. The van der Waals surface area contributed by atoms with Crippen molar-refractivity contribution in [1.82, 2.24) is 0 Å². The first-order valence-electron chi connectivity index (χ1n) is 9.10. The molecule has 2 bridgehead atoms. The molecule has 5 atom stereocenters. The van der Waals surface area contributed by atoms with Crippen LogP contribution in [0.3, 0.4) is 0 Å². The molecule has 6 heteroatoms. The topological polar surface area (TPSA) is 66.4 Å². The van der Waals surface area contributed by atoms with Crippen molar-refractivity contribution < 1.29 is 28.8 Å². The normalized spacial score (nSPS) is 29.6. The fraction of sp³-hybridized carbons (Fsp3) is 0.429. The number of aliphatic hydroxyl groups is 1. The maximum absolute atomic E-state index is 10.6. The maximum atomic E-state index is 10.6. The third-order valence-corrected chi connectivity index (χ3v) is 4.93. The van der Waals surface area contributed by atoms with Crippen molar-refractivity contribution in [2.45, 2.75) is 43.9 Å². The highest BCUT2D eigenvalue weighted by Gasteiger charge is 2.51. The molecule has 27 heavy (non-hydrogen) atoms. The molecule has 144 valence electrons. The van der Waals surface area contributed by atoms with Gasteiger partial charge in [0.2, 0.25) is 0 Å². The Morgan fingerprint density at radius 2 is 1.59 bits per heavy atom. The van der Waals surface area contributed by atoms with Crippen molar-refractivity contribution in [2.24, 2.45) is 0 Å². The summed E-state index contributed by atoms with van der Waals surface area (Å²) in [5.41, 5.74) is 2.05. The van der Waals surface area contributed by atoms with Gasteiger partial charge in [-0.25, -0.2) is 0 Å². The van der Waals surface area contributed by atoms with Gasteiger partial charge in [-0.2, -0.15) is 0 Å². The fourth-order valence-corrected chi connectivity index (χ4v) is 3.43. The summed E-state index contributed by atoms with van der Waals surface area (Å²) in [7, 11) is 1.63. The molecule has 0 radical (unpaired) electrons. The molecule has 2 aromatic rings. The minimum Gasteiger partial charge on any atom is -0.497 e. The second-order valence-corrected chi connectivity index (χ2v) is 6.75. The zero-order valence-corrected chi connectivity index (χ0v) is 15.2. The summed E-state index contributed by atoms with van der Waals surface area (Å²) in [6.07, 6.45) is -2.74. The maximum Gasteiger partial charge on any atom is 0.186 e. The van der Waals surface area contributed by atoms with Gasteiger partial charge >= 0.3 is 0 Å². The zero-order chi connectivity index (χ0) is 18.6. The van der Waals surface area contributed by atoms with Crippen LogP contribution in [0, 0.1) is 0 Å². The Balaban J connectivity index is 1.43. The summed E-state index contributed by atoms with van der Waals surface area (Å²) in [5, 5.41) is 10.6. The van der Waals surface area contributed by atoms with Crippen LogP contribution >= 0.6 is 0 Å². The van der Waals surface area contributed by atoms with Crippen LogP contribution in [0.1, 0.15) is 11.1 Å². The number of hydrogen-bond donors (Lipinski definition) is 1. The second-order valence-electron chi connectivity index (χ2n) is 6.75. The SMILES string of the molecule is COc1ccc(COC2C(O)C3OCC(O3)C2OCc2ccccc2)cc1. The molecule has 0 spiro atoms. The molecule has 6 nitrogen and oxygen atoms in total. The number of aliphatic hydroxyl groups excluding tert-OH is 1. The number of hydrogen-bond acceptors (Lipinski definition) is 6. The van der Waals surface area contributed by atoms with E-state index < -0.39 is 24.6 Å². The Bertz CT molecular complexity index is 719. The van der Waals surface area contributed by atoms with E-state index >= 15 is 0 Å². The number of ether oxygens (including phenoxy) is 5. The zero-order valence-electron chi connectivity index (χ0n) is 15.2. The van der Waals surface area contributed by atoms with Gasteiger partial charge in [0, 0.05) is 0 Å². The monoisotopic (exact) mass is 372 g/mol. The molecule has 2 saturated heterocycles. The van der Waals surface area contributed by atoms with Gasteiger partial charge < -0.3 is 28.8 Å². The Kier molecular flexibility index (Phi) is 5.71. The molecular weight excluding hydrogens is 348 g/mol. The van der Waals surface area contributed by atoms with Gasteiger partial charge in [-0.3, -0.25) is 0 Å². The lowest BCUT2D eigenvalue weighted by atomic mass is 10.0. The largest absolute Gasteiger partial charge is 0.497 e. The molecule has 1 N–H and O–H groups in total. The minimum absolute atomic E-state index is 0.247. The average molecular weight is 372 g/mol. The van der Waals surface area contributed by atoms with Crippen LogP contribution in [-0.4, -0.2) is 49.5 Å². The van der Waals surface area contributed by atoms with Crippen molar-refractivity contribution in [3.05, 3.63) is 65.7 Å². The lowest BCUT2D eigenvalue weighted by molar-refractivity contribution is -0.254. The second kappa shape index (κ2) is 8.37. The third kappa shape index (κ3) is 4.15. The highest BCUT2D eigenvalue weighted by atomic mass is 16.7. The number of rotatable bonds is 7. The summed E-state index contributed by atoms with van der Waals surface area (Å²) in [6, 6.07) is 17.6. The van der Waals surface area contributed by atoms with Crippen LogP contribution in [0.25, 0.3) is 0 Å². The van der Waals surface area contributed by atoms with E-state index in [-0.39, 0.29) is 6.10 Å². The Labute approximate surface area is 158 Å². The molecule has 0 aliphatic carbocycles. The van der Waals surface area contributed by atoms with E-state index in [1.165, 1.54) is 0 Å². The molecule has 2 aliphatic rings. The lowest BCUT2D eigenvalue weighted by Gasteiger charge is -2.38. The van der Waals surface area contributed by atoms with Gasteiger partial charge in [-0.1, -0.05) is 42.5 Å². The van der Waals surface area contributed by atoms with Gasteiger partial charge in [0.25, 0.3) is 0 Å². The van der Waals surface area contributed by atoms with Crippen LogP contribution in [0.4, 0.5) is 0 Å². The number of benzene rings is 2. The van der Waals surface area contributed by atoms with E-state index in [0.29, 0.717) is 19.8 Å². The quantitative estimate of drug-likeness (QED) is 0.804. The molecule has 2 fully saturated rings. The highest BCUT2D eigenvalue weighted by molar-refractivity contribution is 5.26. The van der Waals surface area contributed by atoms with Crippen LogP contribution in [0.15, 0.2) is 54.6 Å². The van der Waals surface area contributed by atoms with Gasteiger partial charge in [-0.15, -0.1) is 0 Å². The van der Waals surface area contributed by atoms with Crippen molar-refractivity contribution in [1.29, 1.82) is 0 Å². The van der Waals surface area contributed by atoms with Crippen molar-refractivity contribution in [3.8, 4) is 5.75 Å². The van der Waals surface area contributed by atoms with Gasteiger partial charge in [0.1, 0.15) is 30.2 Å². The molecule has 2 aliphatic heterocycles. The van der Waals surface area contributed by atoms with Crippen molar-refractivity contribution in [3.63, 3.8) is 0 Å². The fourth-order valence-electron chi connectivity index (χ4n) is 3.43. The standard InChI is InChI=1S/C21H24O6/c1-23-16-9-7-15(8-10-16)12-25-20-18(22)21-26-13-17(27-21)19(20)24-11-14-5-3-2-4-6-14/h2-10,17-22H,11-13H2,1H3. The molecule has 2 heterocycles. The minimum atomic E-state index is -0.900. The molecule has 5 unspecified atom stereocenters. The number of fused-ring (bicyclic) bond motifs is 2. The van der Waals surface area contributed by atoms with Crippen LogP contribution in [0.2, 0.25) is 0 Å². The van der Waals surface area contributed by atoms with E-state index in [1.54, 1.807) is 7.11 Å². The van der Waals surface area contributed by atoms with E-state index in [0.717, 1.165) is 16.9 Å². The first-order valence-corrected chi connectivity index (χ1v) is 9.10.